The second-order valence-electron chi connectivity index (χ2n) is 7.66. The fourth-order valence-electron chi connectivity index (χ4n) is 4.39. The zero-order valence-corrected chi connectivity index (χ0v) is 17.0. The Morgan fingerprint density at radius 2 is 1.86 bits per heavy atom. The van der Waals surface area contributed by atoms with Crippen LogP contribution in [0.4, 0.5) is 4.39 Å². The summed E-state index contributed by atoms with van der Waals surface area (Å²) in [4.78, 5) is 15.0. The van der Waals surface area contributed by atoms with Crippen LogP contribution in [0.3, 0.4) is 0 Å². The molecule has 3 aliphatic heterocycles. The second kappa shape index (κ2) is 6.89. The van der Waals surface area contributed by atoms with Crippen LogP contribution in [-0.4, -0.2) is 28.3 Å². The number of hydrogen-bond donors (Lipinski definition) is 0. The molecule has 3 fully saturated rings. The number of ketones is 1. The first-order valence-corrected chi connectivity index (χ1v) is 10.4. The molecule has 3 aromatic rings. The molecule has 142 valence electrons. The number of carbonyl (C=O) groups is 1. The SMILES string of the molecule is O=C1/C(=C/c2cn(Cc3ccc(F)cc3)c3ccc(Br)cc23)N2CCC1CC2. The molecule has 3 nitrogen and oxygen atoms in total. The standard InChI is InChI=1S/C23H20BrFN2O/c24-18-3-6-21-20(12-18)17(11-22-23(28)16-7-9-26(22)10-8-16)14-27(21)13-15-1-4-19(25)5-2-15/h1-6,11-12,14,16H,7-10,13H2/b22-11-. The molecule has 0 N–H and O–H groups in total. The van der Waals surface area contributed by atoms with Crippen LogP contribution < -0.4 is 0 Å². The number of nitrogens with zero attached hydrogens (tertiary/aromatic N) is 2. The minimum Gasteiger partial charge on any atom is -0.369 e. The first-order chi connectivity index (χ1) is 13.6. The van der Waals surface area contributed by atoms with E-state index in [0.717, 1.165) is 58.1 Å². The molecule has 5 heteroatoms. The Hall–Kier alpha value is -2.40. The fourth-order valence-corrected chi connectivity index (χ4v) is 4.75. The molecule has 0 radical (unpaired) electrons. The maximum Gasteiger partial charge on any atom is 0.182 e. The van der Waals surface area contributed by atoms with Crippen LogP contribution in [-0.2, 0) is 11.3 Å². The van der Waals surface area contributed by atoms with Gasteiger partial charge in [-0.1, -0.05) is 28.1 Å². The molecule has 0 saturated carbocycles. The Balaban J connectivity index is 1.59. The minimum atomic E-state index is -0.226. The van der Waals surface area contributed by atoms with Gasteiger partial charge in [-0.3, -0.25) is 4.79 Å². The zero-order valence-electron chi connectivity index (χ0n) is 15.4. The lowest BCUT2D eigenvalue weighted by molar-refractivity contribution is -0.125. The third-order valence-corrected chi connectivity index (χ3v) is 6.38. The molecule has 3 aliphatic rings. The Morgan fingerprint density at radius 1 is 1.11 bits per heavy atom. The molecule has 0 amide bonds. The highest BCUT2D eigenvalue weighted by Gasteiger charge is 2.36. The van der Waals surface area contributed by atoms with Crippen molar-refractivity contribution in [2.24, 2.45) is 5.92 Å². The Bertz CT molecular complexity index is 1090. The number of carbonyl (C=O) groups excluding carboxylic acids is 1. The summed E-state index contributed by atoms with van der Waals surface area (Å²) >= 11 is 3.57. The van der Waals surface area contributed by atoms with Gasteiger partial charge in [-0.15, -0.1) is 0 Å². The van der Waals surface area contributed by atoms with Crippen LogP contribution >= 0.6 is 15.9 Å². The van der Waals surface area contributed by atoms with E-state index >= 15 is 0 Å². The number of Topliss-reactive ketones (excluding diaryl/α,β-unsaturated/α-hetero) is 1. The van der Waals surface area contributed by atoms with E-state index in [9.17, 15) is 9.18 Å². The molecule has 0 spiro atoms. The molecule has 0 atom stereocenters. The van der Waals surface area contributed by atoms with Gasteiger partial charge in [0.15, 0.2) is 5.78 Å². The first kappa shape index (κ1) is 17.7. The number of benzene rings is 2. The average Bonchev–Trinajstić information content (AvgIpc) is 3.03. The largest absolute Gasteiger partial charge is 0.369 e. The van der Waals surface area contributed by atoms with E-state index in [-0.39, 0.29) is 17.5 Å². The van der Waals surface area contributed by atoms with E-state index in [4.69, 9.17) is 0 Å². The Morgan fingerprint density at radius 3 is 2.57 bits per heavy atom. The van der Waals surface area contributed by atoms with Gasteiger partial charge >= 0.3 is 0 Å². The molecule has 4 heterocycles. The number of allylic oxidation sites excluding steroid dienone is 1. The summed E-state index contributed by atoms with van der Waals surface area (Å²) in [6.07, 6.45) is 6.12. The van der Waals surface area contributed by atoms with Crippen molar-refractivity contribution in [3.8, 4) is 0 Å². The van der Waals surface area contributed by atoms with Gasteiger partial charge in [-0.05, 0) is 54.8 Å². The van der Waals surface area contributed by atoms with Crippen LogP contribution in [0, 0.1) is 11.7 Å². The maximum absolute atomic E-state index is 13.2. The van der Waals surface area contributed by atoms with Crippen molar-refractivity contribution in [3.05, 3.63) is 75.8 Å². The molecule has 6 rings (SSSR count). The van der Waals surface area contributed by atoms with Gasteiger partial charge in [0, 0.05) is 52.7 Å². The lowest BCUT2D eigenvalue weighted by Crippen LogP contribution is -2.45. The Kier molecular flexibility index (Phi) is 4.35. The van der Waals surface area contributed by atoms with Crippen molar-refractivity contribution in [2.75, 3.05) is 13.1 Å². The third-order valence-electron chi connectivity index (χ3n) is 5.89. The minimum absolute atomic E-state index is 0.190. The fraction of sp³-hybridized carbons (Fsp3) is 0.261. The number of fused-ring (bicyclic) bond motifs is 4. The topological polar surface area (TPSA) is 25.2 Å². The van der Waals surface area contributed by atoms with E-state index in [1.54, 1.807) is 0 Å². The highest BCUT2D eigenvalue weighted by atomic mass is 79.9. The predicted molar refractivity (Wildman–Crippen MR) is 112 cm³/mol. The molecular weight excluding hydrogens is 419 g/mol. The summed E-state index contributed by atoms with van der Waals surface area (Å²) in [7, 11) is 0. The van der Waals surface area contributed by atoms with Gasteiger partial charge < -0.3 is 9.47 Å². The van der Waals surface area contributed by atoms with Crippen molar-refractivity contribution in [1.29, 1.82) is 0 Å². The summed E-state index contributed by atoms with van der Waals surface area (Å²) in [6, 6.07) is 12.8. The number of piperidine rings is 3. The van der Waals surface area contributed by atoms with Crippen LogP contribution in [0.5, 0.6) is 0 Å². The summed E-state index contributed by atoms with van der Waals surface area (Å²) < 4.78 is 16.4. The van der Waals surface area contributed by atoms with E-state index in [2.05, 4.69) is 49.8 Å². The lowest BCUT2D eigenvalue weighted by atomic mass is 9.84. The first-order valence-electron chi connectivity index (χ1n) is 9.62. The molecule has 3 saturated heterocycles. The third kappa shape index (κ3) is 3.08. The average molecular weight is 439 g/mol. The molecule has 28 heavy (non-hydrogen) atoms. The van der Waals surface area contributed by atoms with Gasteiger partial charge in [-0.25, -0.2) is 4.39 Å². The highest BCUT2D eigenvalue weighted by molar-refractivity contribution is 9.10. The highest BCUT2D eigenvalue weighted by Crippen LogP contribution is 2.34. The number of hydrogen-bond acceptors (Lipinski definition) is 2. The molecule has 0 aliphatic carbocycles. The normalized spacial score (nSPS) is 18.6. The van der Waals surface area contributed by atoms with Crippen LogP contribution in [0.15, 0.2) is 58.8 Å². The monoisotopic (exact) mass is 438 g/mol. The smallest absolute Gasteiger partial charge is 0.182 e. The van der Waals surface area contributed by atoms with E-state index in [1.807, 2.05) is 18.2 Å². The van der Waals surface area contributed by atoms with Gasteiger partial charge in [-0.2, -0.15) is 0 Å². The summed E-state index contributed by atoms with van der Waals surface area (Å²) in [5, 5.41) is 1.11. The van der Waals surface area contributed by atoms with E-state index < -0.39 is 0 Å². The zero-order chi connectivity index (χ0) is 19.3. The van der Waals surface area contributed by atoms with Gasteiger partial charge in [0.05, 0.1) is 5.70 Å². The van der Waals surface area contributed by atoms with E-state index in [0.29, 0.717) is 6.54 Å². The molecule has 0 unspecified atom stereocenters. The molecule has 1 aromatic heterocycles. The molecular formula is C23H20BrFN2O. The van der Waals surface area contributed by atoms with Crippen LogP contribution in [0.1, 0.15) is 24.0 Å². The van der Waals surface area contributed by atoms with Crippen molar-refractivity contribution in [1.82, 2.24) is 9.47 Å². The molecule has 2 aromatic carbocycles. The van der Waals surface area contributed by atoms with Crippen molar-refractivity contribution in [3.63, 3.8) is 0 Å². The van der Waals surface area contributed by atoms with Gasteiger partial charge in [0.2, 0.25) is 0 Å². The number of aromatic nitrogens is 1. The van der Waals surface area contributed by atoms with Gasteiger partial charge in [0.25, 0.3) is 0 Å². The van der Waals surface area contributed by atoms with E-state index in [1.165, 1.54) is 12.1 Å². The lowest BCUT2D eigenvalue weighted by Gasteiger charge is -2.41. The number of halogens is 2. The van der Waals surface area contributed by atoms with Gasteiger partial charge in [0.1, 0.15) is 5.82 Å². The quantitative estimate of drug-likeness (QED) is 0.523. The summed E-state index contributed by atoms with van der Waals surface area (Å²) in [5.74, 6) is 0.248. The Labute approximate surface area is 171 Å². The van der Waals surface area contributed by atoms with Crippen molar-refractivity contribution in [2.45, 2.75) is 19.4 Å². The summed E-state index contributed by atoms with van der Waals surface area (Å²) in [5.41, 5.74) is 4.04. The summed E-state index contributed by atoms with van der Waals surface area (Å²) in [6.45, 7) is 2.60. The van der Waals surface area contributed by atoms with Crippen molar-refractivity contribution < 1.29 is 9.18 Å². The van der Waals surface area contributed by atoms with Crippen LogP contribution in [0.2, 0.25) is 0 Å². The molecule has 2 bridgehead atoms. The van der Waals surface area contributed by atoms with Crippen molar-refractivity contribution >= 4 is 38.7 Å². The number of rotatable bonds is 3. The second-order valence-corrected chi connectivity index (χ2v) is 8.57. The van der Waals surface area contributed by atoms with Crippen LogP contribution in [0.25, 0.3) is 17.0 Å². The maximum atomic E-state index is 13.2. The predicted octanol–water partition coefficient (Wildman–Crippen LogP) is 5.23.